The molecule has 2 N–H and O–H groups in total. The smallest absolute Gasteiger partial charge is 0.305 e. The largest absolute Gasteiger partial charge is 0.393 e. The van der Waals surface area contributed by atoms with Crippen molar-refractivity contribution in [1.29, 1.82) is 5.26 Å². The Balaban J connectivity index is 2.03. The highest BCUT2D eigenvalue weighted by molar-refractivity contribution is 5.50. The second-order valence-corrected chi connectivity index (χ2v) is 4.93. The fourth-order valence-corrected chi connectivity index (χ4v) is 2.44. The SMILES string of the molecule is N#Cc1nc(NCC2CCCCC2O)ccc1[N+](=O)[O-]. The van der Waals surface area contributed by atoms with Crippen molar-refractivity contribution in [3.05, 3.63) is 27.9 Å². The zero-order valence-corrected chi connectivity index (χ0v) is 11.0. The summed E-state index contributed by atoms with van der Waals surface area (Å²) < 4.78 is 0. The third-order valence-electron chi connectivity index (χ3n) is 3.59. The molecule has 1 heterocycles. The highest BCUT2D eigenvalue weighted by Gasteiger charge is 2.23. The van der Waals surface area contributed by atoms with Crippen molar-refractivity contribution in [2.24, 2.45) is 5.92 Å². The molecule has 106 valence electrons. The first-order valence-electron chi connectivity index (χ1n) is 6.59. The summed E-state index contributed by atoms with van der Waals surface area (Å²) in [7, 11) is 0. The lowest BCUT2D eigenvalue weighted by Crippen LogP contribution is -2.30. The van der Waals surface area contributed by atoms with Gasteiger partial charge in [-0.3, -0.25) is 10.1 Å². The van der Waals surface area contributed by atoms with Gasteiger partial charge in [0, 0.05) is 18.5 Å². The minimum Gasteiger partial charge on any atom is -0.393 e. The van der Waals surface area contributed by atoms with Gasteiger partial charge in [0.25, 0.3) is 0 Å². The van der Waals surface area contributed by atoms with E-state index in [0.29, 0.717) is 12.4 Å². The van der Waals surface area contributed by atoms with Gasteiger partial charge in [-0.05, 0) is 18.9 Å². The minimum absolute atomic E-state index is 0.159. The van der Waals surface area contributed by atoms with Gasteiger partial charge in [0.1, 0.15) is 11.9 Å². The molecule has 7 nitrogen and oxygen atoms in total. The first-order valence-corrected chi connectivity index (χ1v) is 6.59. The second-order valence-electron chi connectivity index (χ2n) is 4.93. The number of pyridine rings is 1. The van der Waals surface area contributed by atoms with Crippen LogP contribution in [0.2, 0.25) is 0 Å². The van der Waals surface area contributed by atoms with Gasteiger partial charge >= 0.3 is 5.69 Å². The van der Waals surface area contributed by atoms with Crippen LogP contribution in [0.3, 0.4) is 0 Å². The van der Waals surface area contributed by atoms with Gasteiger partial charge in [0.05, 0.1) is 11.0 Å². The Bertz CT molecular complexity index is 541. The van der Waals surface area contributed by atoms with Gasteiger partial charge in [0.15, 0.2) is 0 Å². The van der Waals surface area contributed by atoms with Gasteiger partial charge in [-0.25, -0.2) is 4.98 Å². The molecule has 1 fully saturated rings. The van der Waals surface area contributed by atoms with Crippen molar-refractivity contribution < 1.29 is 10.0 Å². The fourth-order valence-electron chi connectivity index (χ4n) is 2.44. The van der Waals surface area contributed by atoms with Crippen molar-refractivity contribution in [3.63, 3.8) is 0 Å². The van der Waals surface area contributed by atoms with E-state index in [0.717, 1.165) is 25.7 Å². The van der Waals surface area contributed by atoms with Crippen LogP contribution in [0.4, 0.5) is 11.5 Å². The van der Waals surface area contributed by atoms with Crippen molar-refractivity contribution in [1.82, 2.24) is 4.98 Å². The molecule has 0 aliphatic heterocycles. The highest BCUT2D eigenvalue weighted by Crippen LogP contribution is 2.25. The first-order chi connectivity index (χ1) is 9.61. The molecule has 2 unspecified atom stereocenters. The molecule has 2 atom stereocenters. The van der Waals surface area contributed by atoms with Gasteiger partial charge < -0.3 is 10.4 Å². The molecule has 1 aliphatic rings. The van der Waals surface area contributed by atoms with Gasteiger partial charge in [0.2, 0.25) is 5.69 Å². The summed E-state index contributed by atoms with van der Waals surface area (Å²) in [5, 5.41) is 32.5. The third-order valence-corrected chi connectivity index (χ3v) is 3.59. The molecule has 1 aromatic heterocycles. The lowest BCUT2D eigenvalue weighted by atomic mass is 9.86. The molecular weight excluding hydrogens is 260 g/mol. The monoisotopic (exact) mass is 276 g/mol. The average Bonchev–Trinajstić information content (AvgIpc) is 2.46. The third kappa shape index (κ3) is 3.22. The number of nitro groups is 1. The number of aliphatic hydroxyl groups is 1. The van der Waals surface area contributed by atoms with E-state index in [9.17, 15) is 15.2 Å². The Morgan fingerprint density at radius 3 is 2.90 bits per heavy atom. The molecule has 0 saturated heterocycles. The zero-order chi connectivity index (χ0) is 14.5. The Morgan fingerprint density at radius 2 is 2.25 bits per heavy atom. The summed E-state index contributed by atoms with van der Waals surface area (Å²) >= 11 is 0. The number of hydrogen-bond acceptors (Lipinski definition) is 6. The molecule has 1 aliphatic carbocycles. The van der Waals surface area contributed by atoms with Crippen molar-refractivity contribution >= 4 is 11.5 Å². The van der Waals surface area contributed by atoms with Crippen LogP contribution in [0, 0.1) is 27.4 Å². The Kier molecular flexibility index (Phi) is 4.48. The van der Waals surface area contributed by atoms with Gasteiger partial charge in [-0.15, -0.1) is 0 Å². The average molecular weight is 276 g/mol. The maximum atomic E-state index is 10.7. The summed E-state index contributed by atoms with van der Waals surface area (Å²) in [4.78, 5) is 14.0. The van der Waals surface area contributed by atoms with E-state index in [4.69, 9.17) is 5.26 Å². The molecule has 1 saturated carbocycles. The molecule has 1 aromatic rings. The quantitative estimate of drug-likeness (QED) is 0.640. The molecule has 0 amide bonds. The summed E-state index contributed by atoms with van der Waals surface area (Å²) in [6, 6.07) is 4.47. The highest BCUT2D eigenvalue weighted by atomic mass is 16.6. The van der Waals surface area contributed by atoms with Gasteiger partial charge in [-0.1, -0.05) is 12.8 Å². The van der Waals surface area contributed by atoms with Crippen molar-refractivity contribution in [3.8, 4) is 6.07 Å². The van der Waals surface area contributed by atoms with Crippen LogP contribution < -0.4 is 5.32 Å². The summed E-state index contributed by atoms with van der Waals surface area (Å²) in [5.74, 6) is 0.580. The van der Waals surface area contributed by atoms with E-state index < -0.39 is 4.92 Å². The standard InChI is InChI=1S/C13H16N4O3/c14-7-10-11(17(19)20)5-6-13(16-10)15-8-9-3-1-2-4-12(9)18/h5-6,9,12,18H,1-4,8H2,(H,15,16). The molecule has 20 heavy (non-hydrogen) atoms. The topological polar surface area (TPSA) is 112 Å². The van der Waals surface area contributed by atoms with E-state index in [-0.39, 0.29) is 23.4 Å². The fraction of sp³-hybridized carbons (Fsp3) is 0.538. The van der Waals surface area contributed by atoms with Crippen LogP contribution in [0.15, 0.2) is 12.1 Å². The van der Waals surface area contributed by atoms with Gasteiger partial charge in [-0.2, -0.15) is 5.26 Å². The number of nitrogens with zero attached hydrogens (tertiary/aromatic N) is 3. The van der Waals surface area contributed by atoms with Crippen LogP contribution in [-0.4, -0.2) is 27.7 Å². The second kappa shape index (κ2) is 6.30. The number of anilines is 1. The summed E-state index contributed by atoms with van der Waals surface area (Å²) in [5.41, 5.74) is -0.500. The predicted octanol–water partition coefficient (Wildman–Crippen LogP) is 1.82. The maximum absolute atomic E-state index is 10.7. The molecule has 7 heteroatoms. The molecule has 0 spiro atoms. The summed E-state index contributed by atoms with van der Waals surface area (Å²) in [6.45, 7) is 0.552. The van der Waals surface area contributed by atoms with Crippen LogP contribution in [0.5, 0.6) is 0 Å². The molecule has 2 rings (SSSR count). The normalized spacial score (nSPS) is 22.0. The minimum atomic E-state index is -0.625. The molecule has 0 radical (unpaired) electrons. The van der Waals surface area contributed by atoms with Crippen molar-refractivity contribution in [2.45, 2.75) is 31.8 Å². The van der Waals surface area contributed by atoms with E-state index in [2.05, 4.69) is 10.3 Å². The number of nitriles is 1. The van der Waals surface area contributed by atoms with Crippen LogP contribution in [0.1, 0.15) is 31.4 Å². The number of nitrogens with one attached hydrogen (secondary N) is 1. The van der Waals surface area contributed by atoms with E-state index >= 15 is 0 Å². The lowest BCUT2D eigenvalue weighted by Gasteiger charge is -2.27. The van der Waals surface area contributed by atoms with Crippen molar-refractivity contribution in [2.75, 3.05) is 11.9 Å². The molecular formula is C13H16N4O3. The van der Waals surface area contributed by atoms with E-state index in [1.54, 1.807) is 6.07 Å². The lowest BCUT2D eigenvalue weighted by molar-refractivity contribution is -0.385. The Labute approximate surface area is 116 Å². The summed E-state index contributed by atoms with van der Waals surface area (Å²) in [6.07, 6.45) is 3.59. The molecule has 0 aromatic carbocycles. The Morgan fingerprint density at radius 1 is 1.50 bits per heavy atom. The number of hydrogen-bond donors (Lipinski definition) is 2. The number of aromatic nitrogens is 1. The predicted molar refractivity (Wildman–Crippen MR) is 72.1 cm³/mol. The number of aliphatic hydroxyl groups excluding tert-OH is 1. The van der Waals surface area contributed by atoms with E-state index in [1.807, 2.05) is 0 Å². The maximum Gasteiger partial charge on any atom is 0.305 e. The van der Waals surface area contributed by atoms with Crippen LogP contribution >= 0.6 is 0 Å². The Hall–Kier alpha value is -2.20. The van der Waals surface area contributed by atoms with Crippen LogP contribution in [0.25, 0.3) is 0 Å². The van der Waals surface area contributed by atoms with Crippen LogP contribution in [-0.2, 0) is 0 Å². The molecule has 0 bridgehead atoms. The van der Waals surface area contributed by atoms with E-state index in [1.165, 1.54) is 12.1 Å². The first kappa shape index (κ1) is 14.2. The zero-order valence-electron chi connectivity index (χ0n) is 11.0. The number of rotatable bonds is 4.